The van der Waals surface area contributed by atoms with Crippen LogP contribution in [-0.2, 0) is 0 Å². The maximum absolute atomic E-state index is 13.3. The van der Waals surface area contributed by atoms with Gasteiger partial charge in [-0.2, -0.15) is 8.78 Å². The van der Waals surface area contributed by atoms with Gasteiger partial charge in [0.15, 0.2) is 6.61 Å². The highest BCUT2D eigenvalue weighted by Crippen LogP contribution is 2.43. The number of aliphatic hydroxyl groups excluding tert-OH is 1. The third-order valence-electron chi connectivity index (χ3n) is 5.66. The molecule has 0 saturated carbocycles. The highest BCUT2D eigenvalue weighted by Gasteiger charge is 2.43. The Labute approximate surface area is 192 Å². The molecule has 34 heavy (non-hydrogen) atoms. The number of hydrogen-bond acceptors (Lipinski definition) is 6. The fourth-order valence-electron chi connectivity index (χ4n) is 3.95. The van der Waals surface area contributed by atoms with Gasteiger partial charge in [0.05, 0.1) is 24.0 Å². The van der Waals surface area contributed by atoms with Crippen LogP contribution in [0.25, 0.3) is 0 Å². The van der Waals surface area contributed by atoms with Crippen LogP contribution >= 0.6 is 0 Å². The third kappa shape index (κ3) is 4.81. The molecule has 1 aliphatic rings. The minimum Gasteiger partial charge on any atom is -0.485 e. The van der Waals surface area contributed by atoms with Crippen molar-refractivity contribution in [3.8, 4) is 5.75 Å². The number of aliphatic hydroxyl groups is 1. The van der Waals surface area contributed by atoms with Gasteiger partial charge in [-0.3, -0.25) is 19.6 Å². The second-order valence-electron chi connectivity index (χ2n) is 7.98. The number of ether oxygens (including phenoxy) is 1. The van der Waals surface area contributed by atoms with Gasteiger partial charge in [-0.1, -0.05) is 0 Å². The number of rotatable bonds is 10. The van der Waals surface area contributed by atoms with E-state index in [-0.39, 0.29) is 29.5 Å². The van der Waals surface area contributed by atoms with Gasteiger partial charge < -0.3 is 20.5 Å². The van der Waals surface area contributed by atoms with E-state index < -0.39 is 36.9 Å². The molecule has 0 radical (unpaired) electrons. The molecule has 2 atom stereocenters. The Kier molecular flexibility index (Phi) is 7.39. The second-order valence-corrected chi connectivity index (χ2v) is 7.98. The molecule has 3 N–H and O–H groups in total. The molecule has 0 fully saturated rings. The molecule has 2 aromatic rings. The van der Waals surface area contributed by atoms with Crippen LogP contribution in [0.1, 0.15) is 69.5 Å². The molecule has 3 rings (SSSR count). The normalized spacial score (nSPS) is 16.6. The highest BCUT2D eigenvalue weighted by atomic mass is 19.3. The number of amides is 2. The van der Waals surface area contributed by atoms with Crippen molar-refractivity contribution in [1.82, 2.24) is 14.9 Å². The minimum absolute atomic E-state index is 0.0312. The Morgan fingerprint density at radius 1 is 1.35 bits per heavy atom. The zero-order chi connectivity index (χ0) is 25.2. The van der Waals surface area contributed by atoms with Crippen LogP contribution in [0, 0.1) is 6.92 Å². The van der Waals surface area contributed by atoms with E-state index in [0.717, 1.165) is 6.20 Å². The number of carbonyl (C=O) groups is 2. The van der Waals surface area contributed by atoms with Gasteiger partial charge in [0.2, 0.25) is 0 Å². The maximum Gasteiger partial charge on any atom is 0.340 e. The van der Waals surface area contributed by atoms with Gasteiger partial charge in [0, 0.05) is 23.9 Å². The van der Waals surface area contributed by atoms with E-state index in [0.29, 0.717) is 29.7 Å². The molecule has 2 amide bonds. The summed E-state index contributed by atoms with van der Waals surface area (Å²) >= 11 is 0. The number of nitrogens with two attached hydrogens (primary N) is 1. The van der Waals surface area contributed by atoms with Crippen molar-refractivity contribution < 1.29 is 37.0 Å². The first kappa shape index (κ1) is 25.3. The fourth-order valence-corrected chi connectivity index (χ4v) is 3.95. The first-order valence-electron chi connectivity index (χ1n) is 10.5. The Morgan fingerprint density at radius 3 is 2.65 bits per heavy atom. The van der Waals surface area contributed by atoms with Crippen LogP contribution in [0.15, 0.2) is 24.5 Å². The van der Waals surface area contributed by atoms with Gasteiger partial charge in [0.25, 0.3) is 11.8 Å². The number of aromatic nitrogens is 2. The Bertz CT molecular complexity index is 1080. The molecule has 0 spiro atoms. The van der Waals surface area contributed by atoms with E-state index in [9.17, 15) is 32.3 Å². The van der Waals surface area contributed by atoms with Crippen molar-refractivity contribution in [3.63, 3.8) is 0 Å². The lowest BCUT2D eigenvalue weighted by Gasteiger charge is -2.31. The summed E-state index contributed by atoms with van der Waals surface area (Å²) in [4.78, 5) is 34.9. The van der Waals surface area contributed by atoms with Crippen LogP contribution in [0.5, 0.6) is 5.75 Å². The maximum atomic E-state index is 13.3. The number of halogens is 4. The zero-order valence-corrected chi connectivity index (χ0v) is 18.5. The van der Waals surface area contributed by atoms with Crippen molar-refractivity contribution in [2.24, 2.45) is 5.73 Å². The van der Waals surface area contributed by atoms with E-state index >= 15 is 0 Å². The highest BCUT2D eigenvalue weighted by molar-refractivity contribution is 6.03. The van der Waals surface area contributed by atoms with E-state index in [2.05, 4.69) is 9.97 Å². The lowest BCUT2D eigenvalue weighted by molar-refractivity contribution is -0.148. The summed E-state index contributed by atoms with van der Waals surface area (Å²) in [6, 6.07) is 1.75. The van der Waals surface area contributed by atoms with Crippen LogP contribution in [0.4, 0.5) is 17.6 Å². The first-order valence-corrected chi connectivity index (χ1v) is 10.5. The SMILES string of the molecule is Cc1cc(C(C)N2C(=O)c3ccnc(C(N)=O)c3C2CCCO)ncc1OCC(F)(F)C(F)F. The summed E-state index contributed by atoms with van der Waals surface area (Å²) in [5, 5.41) is 9.33. The molecule has 12 heteroatoms. The van der Waals surface area contributed by atoms with Gasteiger partial charge in [-0.25, -0.2) is 8.78 Å². The topological polar surface area (TPSA) is 119 Å². The second kappa shape index (κ2) is 9.92. The number of aryl methyl sites for hydroxylation is 1. The number of nitrogens with zero attached hydrogens (tertiary/aromatic N) is 3. The summed E-state index contributed by atoms with van der Waals surface area (Å²) in [7, 11) is 0. The Morgan fingerprint density at radius 2 is 2.06 bits per heavy atom. The van der Waals surface area contributed by atoms with Crippen molar-refractivity contribution in [3.05, 3.63) is 52.6 Å². The number of hydrogen-bond donors (Lipinski definition) is 2. The molecular formula is C22H24F4N4O4. The number of primary amides is 1. The van der Waals surface area contributed by atoms with E-state index in [4.69, 9.17) is 10.5 Å². The average molecular weight is 484 g/mol. The smallest absolute Gasteiger partial charge is 0.340 e. The minimum atomic E-state index is -4.31. The summed E-state index contributed by atoms with van der Waals surface area (Å²) in [6.45, 7) is 1.59. The number of pyridine rings is 2. The summed E-state index contributed by atoms with van der Waals surface area (Å²) < 4.78 is 56.0. The van der Waals surface area contributed by atoms with Crippen LogP contribution in [0.3, 0.4) is 0 Å². The molecule has 0 saturated heterocycles. The Balaban J connectivity index is 1.91. The molecule has 0 bridgehead atoms. The van der Waals surface area contributed by atoms with E-state index in [1.54, 1.807) is 6.92 Å². The van der Waals surface area contributed by atoms with Crippen LogP contribution in [0.2, 0.25) is 0 Å². The van der Waals surface area contributed by atoms with Gasteiger partial charge in [-0.05, 0) is 44.4 Å². The molecular weight excluding hydrogens is 460 g/mol. The predicted octanol–water partition coefficient (Wildman–Crippen LogP) is 3.19. The monoisotopic (exact) mass is 484 g/mol. The molecule has 0 aliphatic carbocycles. The lowest BCUT2D eigenvalue weighted by Crippen LogP contribution is -2.34. The Hall–Kier alpha value is -3.28. The van der Waals surface area contributed by atoms with Crippen LogP contribution in [-0.4, -0.2) is 57.4 Å². The number of carbonyl (C=O) groups excluding carboxylic acids is 2. The van der Waals surface area contributed by atoms with Crippen molar-refractivity contribution in [1.29, 1.82) is 0 Å². The standard InChI is InChI=1S/C22H24F4N4O4/c1-11-8-14(29-9-16(11)34-10-22(25,26)21(23)24)12(2)30-15(4-3-7-31)17-13(20(30)33)5-6-28-18(17)19(27)32/h5-6,8-9,12,15,21,31H,3-4,7,10H2,1-2H3,(H2,27,32). The van der Waals surface area contributed by atoms with Crippen LogP contribution < -0.4 is 10.5 Å². The van der Waals surface area contributed by atoms with E-state index in [1.165, 1.54) is 30.2 Å². The van der Waals surface area contributed by atoms with Crippen molar-refractivity contribution >= 4 is 11.8 Å². The molecule has 1 aliphatic heterocycles. The van der Waals surface area contributed by atoms with Crippen molar-refractivity contribution in [2.75, 3.05) is 13.2 Å². The quantitative estimate of drug-likeness (QED) is 0.500. The zero-order valence-electron chi connectivity index (χ0n) is 18.5. The molecule has 0 aromatic carbocycles. The third-order valence-corrected chi connectivity index (χ3v) is 5.66. The molecule has 3 heterocycles. The fraction of sp³-hybridized carbons (Fsp3) is 0.455. The number of alkyl halides is 4. The molecule has 2 unspecified atom stereocenters. The van der Waals surface area contributed by atoms with Gasteiger partial charge in [-0.15, -0.1) is 0 Å². The lowest BCUT2D eigenvalue weighted by atomic mass is 9.98. The van der Waals surface area contributed by atoms with E-state index in [1.807, 2.05) is 0 Å². The summed E-state index contributed by atoms with van der Waals surface area (Å²) in [5.74, 6) is -5.57. The molecule has 184 valence electrons. The largest absolute Gasteiger partial charge is 0.485 e. The summed E-state index contributed by atoms with van der Waals surface area (Å²) in [5.41, 5.74) is 6.82. The molecule has 8 nitrogen and oxygen atoms in total. The first-order chi connectivity index (χ1) is 16.0. The van der Waals surface area contributed by atoms with Gasteiger partial charge in [0.1, 0.15) is 11.4 Å². The average Bonchev–Trinajstić information content (AvgIpc) is 3.07. The molecule has 2 aromatic heterocycles. The van der Waals surface area contributed by atoms with Crippen molar-refractivity contribution in [2.45, 2.75) is 51.1 Å². The summed E-state index contributed by atoms with van der Waals surface area (Å²) in [6.07, 6.45) is -0.744. The number of fused-ring (bicyclic) bond motifs is 1. The predicted molar refractivity (Wildman–Crippen MR) is 112 cm³/mol. The van der Waals surface area contributed by atoms with Gasteiger partial charge >= 0.3 is 12.3 Å².